The van der Waals surface area contributed by atoms with Gasteiger partial charge >= 0.3 is 0 Å². The molecule has 2 atom stereocenters. The summed E-state index contributed by atoms with van der Waals surface area (Å²) < 4.78 is 0. The van der Waals surface area contributed by atoms with Gasteiger partial charge in [-0.2, -0.15) is 0 Å². The number of hydrogen-bond acceptors (Lipinski definition) is 2. The minimum atomic E-state index is -0.655. The van der Waals surface area contributed by atoms with Gasteiger partial charge in [0, 0.05) is 6.42 Å². The molecular weight excluding hydrogens is 188 g/mol. The molecule has 84 valence electrons. The van der Waals surface area contributed by atoms with Crippen LogP contribution in [0.15, 0.2) is 18.2 Å². The van der Waals surface area contributed by atoms with Crippen LogP contribution in [0.25, 0.3) is 0 Å². The van der Waals surface area contributed by atoms with Crippen molar-refractivity contribution in [3.8, 4) is 0 Å². The van der Waals surface area contributed by atoms with Gasteiger partial charge in [-0.15, -0.1) is 0 Å². The summed E-state index contributed by atoms with van der Waals surface area (Å²) in [5.41, 5.74) is 3.56. The summed E-state index contributed by atoms with van der Waals surface area (Å²) >= 11 is 0. The van der Waals surface area contributed by atoms with E-state index in [0.717, 1.165) is 5.56 Å². The molecule has 1 aromatic rings. The number of benzene rings is 1. The topological polar surface area (TPSA) is 40.5 Å². The zero-order valence-electron chi connectivity index (χ0n) is 9.70. The van der Waals surface area contributed by atoms with Crippen LogP contribution in [0, 0.1) is 13.8 Å². The quantitative estimate of drug-likeness (QED) is 0.794. The molecule has 1 rings (SSSR count). The van der Waals surface area contributed by atoms with Crippen molar-refractivity contribution >= 4 is 0 Å². The Morgan fingerprint density at radius 2 is 1.73 bits per heavy atom. The molecule has 2 N–H and O–H groups in total. The Labute approximate surface area is 91.6 Å². The third-order valence-electron chi connectivity index (χ3n) is 2.88. The summed E-state index contributed by atoms with van der Waals surface area (Å²) in [6, 6.07) is 6.13. The van der Waals surface area contributed by atoms with Crippen molar-refractivity contribution in [2.75, 3.05) is 0 Å². The van der Waals surface area contributed by atoms with Crippen LogP contribution in [-0.2, 0) is 6.42 Å². The van der Waals surface area contributed by atoms with Gasteiger partial charge in [0.2, 0.25) is 0 Å². The first-order valence-electron chi connectivity index (χ1n) is 5.46. The number of aliphatic hydroxyl groups is 2. The molecule has 2 unspecified atom stereocenters. The van der Waals surface area contributed by atoms with E-state index in [2.05, 4.69) is 26.0 Å². The molecule has 2 heteroatoms. The maximum Gasteiger partial charge on any atom is 0.0839 e. The van der Waals surface area contributed by atoms with E-state index in [1.54, 1.807) is 0 Å². The van der Waals surface area contributed by atoms with E-state index in [-0.39, 0.29) is 0 Å². The van der Waals surface area contributed by atoms with Gasteiger partial charge in [-0.1, -0.05) is 25.1 Å². The zero-order chi connectivity index (χ0) is 11.4. The average molecular weight is 208 g/mol. The lowest BCUT2D eigenvalue weighted by Crippen LogP contribution is -2.27. The molecule has 0 bridgehead atoms. The number of rotatable bonds is 4. The van der Waals surface area contributed by atoms with Crippen molar-refractivity contribution < 1.29 is 10.2 Å². The molecule has 0 amide bonds. The molecule has 0 heterocycles. The number of aryl methyl sites for hydroxylation is 2. The van der Waals surface area contributed by atoms with Gasteiger partial charge in [0.15, 0.2) is 0 Å². The predicted octanol–water partition coefficient (Wildman–Crippen LogP) is 1.98. The Morgan fingerprint density at radius 1 is 1.07 bits per heavy atom. The van der Waals surface area contributed by atoms with Crippen molar-refractivity contribution in [3.05, 3.63) is 34.9 Å². The Bertz CT molecular complexity index is 320. The highest BCUT2D eigenvalue weighted by Crippen LogP contribution is 2.13. The van der Waals surface area contributed by atoms with Gasteiger partial charge in [0.25, 0.3) is 0 Å². The fourth-order valence-electron chi connectivity index (χ4n) is 1.58. The van der Waals surface area contributed by atoms with Crippen LogP contribution >= 0.6 is 0 Å². The second kappa shape index (κ2) is 5.29. The number of hydrogen-bond donors (Lipinski definition) is 2. The molecule has 0 aliphatic rings. The van der Waals surface area contributed by atoms with Gasteiger partial charge in [0.05, 0.1) is 12.2 Å². The fourth-order valence-corrected chi connectivity index (χ4v) is 1.58. The van der Waals surface area contributed by atoms with Gasteiger partial charge in [-0.25, -0.2) is 0 Å². The monoisotopic (exact) mass is 208 g/mol. The second-order valence-corrected chi connectivity index (χ2v) is 4.17. The van der Waals surface area contributed by atoms with Gasteiger partial charge < -0.3 is 10.2 Å². The van der Waals surface area contributed by atoms with Crippen molar-refractivity contribution in [2.45, 2.75) is 45.8 Å². The van der Waals surface area contributed by atoms with Crippen molar-refractivity contribution in [3.63, 3.8) is 0 Å². The van der Waals surface area contributed by atoms with Gasteiger partial charge in [0.1, 0.15) is 0 Å². The lowest BCUT2D eigenvalue weighted by atomic mass is 9.99. The molecule has 0 fully saturated rings. The smallest absolute Gasteiger partial charge is 0.0839 e. The lowest BCUT2D eigenvalue weighted by Gasteiger charge is -2.16. The van der Waals surface area contributed by atoms with E-state index in [4.69, 9.17) is 0 Å². The van der Waals surface area contributed by atoms with Crippen LogP contribution in [0.3, 0.4) is 0 Å². The third-order valence-corrected chi connectivity index (χ3v) is 2.88. The fraction of sp³-hybridized carbons (Fsp3) is 0.538. The van der Waals surface area contributed by atoms with E-state index >= 15 is 0 Å². The molecular formula is C13H20O2. The summed E-state index contributed by atoms with van der Waals surface area (Å²) in [6.07, 6.45) is -0.161. The van der Waals surface area contributed by atoms with Crippen LogP contribution < -0.4 is 0 Å². The summed E-state index contributed by atoms with van der Waals surface area (Å²) in [6.45, 7) is 5.99. The molecule has 0 saturated carbocycles. The lowest BCUT2D eigenvalue weighted by molar-refractivity contribution is 0.0181. The highest BCUT2D eigenvalue weighted by molar-refractivity contribution is 5.30. The molecule has 15 heavy (non-hydrogen) atoms. The van der Waals surface area contributed by atoms with E-state index in [1.807, 2.05) is 13.0 Å². The molecule has 0 aliphatic carbocycles. The summed E-state index contributed by atoms with van der Waals surface area (Å²) in [7, 11) is 0. The molecule has 0 aromatic heterocycles. The Morgan fingerprint density at radius 3 is 2.27 bits per heavy atom. The minimum absolute atomic E-state index is 0.524. The third kappa shape index (κ3) is 3.33. The standard InChI is InChI=1S/C13H20O2/c1-4-12(14)13(15)8-11-6-5-9(2)10(3)7-11/h5-7,12-15H,4,8H2,1-3H3. The average Bonchev–Trinajstić information content (AvgIpc) is 2.22. The van der Waals surface area contributed by atoms with Crippen LogP contribution in [0.1, 0.15) is 30.0 Å². The van der Waals surface area contributed by atoms with Crippen molar-refractivity contribution in [2.24, 2.45) is 0 Å². The highest BCUT2D eigenvalue weighted by atomic mass is 16.3. The van der Waals surface area contributed by atoms with Crippen LogP contribution in [0.5, 0.6) is 0 Å². The second-order valence-electron chi connectivity index (χ2n) is 4.17. The van der Waals surface area contributed by atoms with E-state index in [1.165, 1.54) is 11.1 Å². The first-order chi connectivity index (χ1) is 7.04. The molecule has 0 spiro atoms. The Hall–Kier alpha value is -0.860. The highest BCUT2D eigenvalue weighted by Gasteiger charge is 2.14. The zero-order valence-corrected chi connectivity index (χ0v) is 9.70. The molecule has 2 nitrogen and oxygen atoms in total. The maximum absolute atomic E-state index is 9.68. The van der Waals surface area contributed by atoms with Gasteiger partial charge in [-0.3, -0.25) is 0 Å². The summed E-state index contributed by atoms with van der Waals surface area (Å²) in [4.78, 5) is 0. The van der Waals surface area contributed by atoms with Crippen LogP contribution in [0.2, 0.25) is 0 Å². The SMILES string of the molecule is CCC(O)C(O)Cc1ccc(C)c(C)c1. The normalized spacial score (nSPS) is 15.0. The minimum Gasteiger partial charge on any atom is -0.390 e. The predicted molar refractivity (Wildman–Crippen MR) is 61.9 cm³/mol. The largest absolute Gasteiger partial charge is 0.390 e. The first-order valence-corrected chi connectivity index (χ1v) is 5.46. The van der Waals surface area contributed by atoms with Crippen molar-refractivity contribution in [1.82, 2.24) is 0 Å². The first kappa shape index (κ1) is 12.2. The van der Waals surface area contributed by atoms with Gasteiger partial charge in [-0.05, 0) is 37.0 Å². The van der Waals surface area contributed by atoms with Crippen LogP contribution in [0.4, 0.5) is 0 Å². The van der Waals surface area contributed by atoms with Crippen molar-refractivity contribution in [1.29, 1.82) is 0 Å². The molecule has 0 aliphatic heterocycles. The van der Waals surface area contributed by atoms with E-state index in [0.29, 0.717) is 12.8 Å². The Kier molecular flexibility index (Phi) is 4.30. The Balaban J connectivity index is 2.68. The van der Waals surface area contributed by atoms with E-state index in [9.17, 15) is 10.2 Å². The summed E-state index contributed by atoms with van der Waals surface area (Å²) in [5.74, 6) is 0. The molecule has 0 radical (unpaired) electrons. The van der Waals surface area contributed by atoms with E-state index < -0.39 is 12.2 Å². The number of aliphatic hydroxyl groups excluding tert-OH is 2. The molecule has 0 saturated heterocycles. The maximum atomic E-state index is 9.68. The summed E-state index contributed by atoms with van der Waals surface area (Å²) in [5, 5.41) is 19.1. The molecule has 1 aromatic carbocycles. The van der Waals surface area contributed by atoms with Crippen LogP contribution in [-0.4, -0.2) is 22.4 Å².